The van der Waals surface area contributed by atoms with Gasteiger partial charge in [0.2, 0.25) is 5.91 Å². The quantitative estimate of drug-likeness (QED) is 0.899. The van der Waals surface area contributed by atoms with Crippen molar-refractivity contribution in [3.05, 3.63) is 53.6 Å². The van der Waals surface area contributed by atoms with Crippen molar-refractivity contribution < 1.29 is 14.3 Å². The molecule has 1 aliphatic carbocycles. The normalized spacial score (nSPS) is 18.2. The molecule has 0 saturated carbocycles. The SMILES string of the molecule is O=C(CNc1ccc2c(c1)OCCO2)N[C@H]1CCCc2ccccc21. The van der Waals surface area contributed by atoms with E-state index in [0.29, 0.717) is 13.2 Å². The van der Waals surface area contributed by atoms with Crippen molar-refractivity contribution in [3.63, 3.8) is 0 Å². The molecule has 2 aliphatic rings. The summed E-state index contributed by atoms with van der Waals surface area (Å²) in [6.45, 7) is 1.36. The summed E-state index contributed by atoms with van der Waals surface area (Å²) >= 11 is 0. The van der Waals surface area contributed by atoms with Gasteiger partial charge >= 0.3 is 0 Å². The van der Waals surface area contributed by atoms with Crippen LogP contribution < -0.4 is 20.1 Å². The number of amides is 1. The fourth-order valence-electron chi connectivity index (χ4n) is 3.48. The van der Waals surface area contributed by atoms with Crippen molar-refractivity contribution >= 4 is 11.6 Å². The molecule has 0 aromatic heterocycles. The Hall–Kier alpha value is -2.69. The Balaban J connectivity index is 1.36. The summed E-state index contributed by atoms with van der Waals surface area (Å²) in [6.07, 6.45) is 3.20. The highest BCUT2D eigenvalue weighted by molar-refractivity contribution is 5.81. The Bertz CT molecular complexity index is 775. The van der Waals surface area contributed by atoms with Gasteiger partial charge in [-0.15, -0.1) is 0 Å². The Morgan fingerprint density at radius 1 is 1.08 bits per heavy atom. The summed E-state index contributed by atoms with van der Waals surface area (Å²) in [4.78, 5) is 12.4. The second-order valence-electron chi connectivity index (χ2n) is 6.42. The zero-order valence-electron chi connectivity index (χ0n) is 14.1. The van der Waals surface area contributed by atoms with E-state index in [1.54, 1.807) is 0 Å². The number of fused-ring (bicyclic) bond motifs is 2. The number of hydrogen-bond donors (Lipinski definition) is 2. The van der Waals surface area contributed by atoms with Gasteiger partial charge in [0.15, 0.2) is 11.5 Å². The first-order valence-corrected chi connectivity index (χ1v) is 8.80. The zero-order chi connectivity index (χ0) is 17.1. The summed E-state index contributed by atoms with van der Waals surface area (Å²) < 4.78 is 11.1. The van der Waals surface area contributed by atoms with Crippen molar-refractivity contribution in [2.45, 2.75) is 25.3 Å². The van der Waals surface area contributed by atoms with E-state index >= 15 is 0 Å². The van der Waals surface area contributed by atoms with E-state index in [1.807, 2.05) is 24.3 Å². The van der Waals surface area contributed by atoms with Gasteiger partial charge in [-0.05, 0) is 42.5 Å². The molecule has 5 heteroatoms. The predicted octanol–water partition coefficient (Wildman–Crippen LogP) is 3.06. The molecule has 0 unspecified atom stereocenters. The van der Waals surface area contributed by atoms with Gasteiger partial charge in [0.25, 0.3) is 0 Å². The molecule has 1 heterocycles. The lowest BCUT2D eigenvalue weighted by Gasteiger charge is -2.26. The highest BCUT2D eigenvalue weighted by atomic mass is 16.6. The first-order valence-electron chi connectivity index (χ1n) is 8.80. The molecule has 0 radical (unpaired) electrons. The molecule has 0 spiro atoms. The summed E-state index contributed by atoms with van der Waals surface area (Å²) in [5, 5.41) is 6.31. The molecule has 0 bridgehead atoms. The molecule has 0 fully saturated rings. The number of nitrogens with one attached hydrogen (secondary N) is 2. The third-order valence-electron chi connectivity index (χ3n) is 4.70. The first-order chi connectivity index (χ1) is 12.3. The minimum atomic E-state index is -0.00316. The molecule has 1 amide bonds. The molecule has 4 rings (SSSR count). The molecule has 2 aromatic rings. The molecule has 2 N–H and O–H groups in total. The molecule has 1 atom stereocenters. The van der Waals surface area contributed by atoms with Crippen LogP contribution in [0, 0.1) is 0 Å². The standard InChI is InChI=1S/C20H22N2O3/c23-20(22-17-7-3-5-14-4-1-2-6-16(14)17)13-21-15-8-9-18-19(12-15)25-11-10-24-18/h1-2,4,6,8-9,12,17,21H,3,5,7,10-11,13H2,(H,22,23)/t17-/m0/s1. The van der Waals surface area contributed by atoms with Gasteiger partial charge in [-0.3, -0.25) is 4.79 Å². The zero-order valence-corrected chi connectivity index (χ0v) is 14.1. The average Bonchev–Trinajstić information content (AvgIpc) is 2.66. The van der Waals surface area contributed by atoms with E-state index in [-0.39, 0.29) is 18.5 Å². The van der Waals surface area contributed by atoms with Crippen LogP contribution >= 0.6 is 0 Å². The van der Waals surface area contributed by atoms with E-state index in [1.165, 1.54) is 11.1 Å². The third-order valence-corrected chi connectivity index (χ3v) is 4.70. The van der Waals surface area contributed by atoms with Crippen LogP contribution in [0.2, 0.25) is 0 Å². The van der Waals surface area contributed by atoms with Crippen LogP contribution in [0.5, 0.6) is 11.5 Å². The Morgan fingerprint density at radius 3 is 2.84 bits per heavy atom. The van der Waals surface area contributed by atoms with Crippen LogP contribution in [0.3, 0.4) is 0 Å². The number of ether oxygens (including phenoxy) is 2. The van der Waals surface area contributed by atoms with Gasteiger partial charge in [0.05, 0.1) is 12.6 Å². The first kappa shape index (κ1) is 15.8. The minimum absolute atomic E-state index is 0.00316. The number of rotatable bonds is 4. The van der Waals surface area contributed by atoms with Crippen molar-refractivity contribution in [1.29, 1.82) is 0 Å². The van der Waals surface area contributed by atoms with Gasteiger partial charge in [-0.25, -0.2) is 0 Å². The largest absolute Gasteiger partial charge is 0.486 e. The fraction of sp³-hybridized carbons (Fsp3) is 0.350. The third kappa shape index (κ3) is 3.55. The number of aryl methyl sites for hydroxylation is 1. The molecular formula is C20H22N2O3. The molecule has 5 nitrogen and oxygen atoms in total. The van der Waals surface area contributed by atoms with Crippen LogP contribution in [-0.2, 0) is 11.2 Å². The van der Waals surface area contributed by atoms with Crippen LogP contribution in [0.15, 0.2) is 42.5 Å². The Labute approximate surface area is 147 Å². The van der Waals surface area contributed by atoms with Crippen molar-refractivity contribution in [2.75, 3.05) is 25.1 Å². The fourth-order valence-corrected chi connectivity index (χ4v) is 3.48. The smallest absolute Gasteiger partial charge is 0.239 e. The van der Waals surface area contributed by atoms with E-state index < -0.39 is 0 Å². The molecule has 2 aromatic carbocycles. The van der Waals surface area contributed by atoms with Crippen LogP contribution in [-0.4, -0.2) is 25.7 Å². The van der Waals surface area contributed by atoms with Crippen LogP contribution in [0.25, 0.3) is 0 Å². The Kier molecular flexibility index (Phi) is 4.46. The predicted molar refractivity (Wildman–Crippen MR) is 96.2 cm³/mol. The summed E-state index contributed by atoms with van der Waals surface area (Å²) in [7, 11) is 0. The van der Waals surface area contributed by atoms with E-state index in [4.69, 9.17) is 9.47 Å². The minimum Gasteiger partial charge on any atom is -0.486 e. The number of benzene rings is 2. The molecule has 1 aliphatic heterocycles. The molecule has 25 heavy (non-hydrogen) atoms. The second-order valence-corrected chi connectivity index (χ2v) is 6.42. The number of carbonyl (C=O) groups excluding carboxylic acids is 1. The van der Waals surface area contributed by atoms with Crippen LogP contribution in [0.1, 0.15) is 30.0 Å². The van der Waals surface area contributed by atoms with Crippen molar-refractivity contribution in [3.8, 4) is 11.5 Å². The van der Waals surface area contributed by atoms with E-state index in [0.717, 1.165) is 36.4 Å². The summed E-state index contributed by atoms with van der Waals surface area (Å²) in [5.41, 5.74) is 3.45. The van der Waals surface area contributed by atoms with Gasteiger partial charge in [-0.2, -0.15) is 0 Å². The average molecular weight is 338 g/mol. The maximum absolute atomic E-state index is 12.4. The molecular weight excluding hydrogens is 316 g/mol. The van der Waals surface area contributed by atoms with Gasteiger partial charge in [0.1, 0.15) is 13.2 Å². The van der Waals surface area contributed by atoms with Gasteiger partial charge in [-0.1, -0.05) is 24.3 Å². The summed E-state index contributed by atoms with van der Waals surface area (Å²) in [6, 6.07) is 14.1. The lowest BCUT2D eigenvalue weighted by molar-refractivity contribution is -0.120. The van der Waals surface area contributed by atoms with Crippen LogP contribution in [0.4, 0.5) is 5.69 Å². The maximum Gasteiger partial charge on any atom is 0.239 e. The Morgan fingerprint density at radius 2 is 1.92 bits per heavy atom. The highest BCUT2D eigenvalue weighted by Crippen LogP contribution is 2.32. The van der Waals surface area contributed by atoms with Crippen molar-refractivity contribution in [1.82, 2.24) is 5.32 Å². The molecule has 130 valence electrons. The second kappa shape index (κ2) is 7.05. The number of anilines is 1. The summed E-state index contributed by atoms with van der Waals surface area (Å²) in [5.74, 6) is 1.47. The number of carbonyl (C=O) groups is 1. The van der Waals surface area contributed by atoms with E-state index in [2.05, 4.69) is 28.8 Å². The monoisotopic (exact) mass is 338 g/mol. The van der Waals surface area contributed by atoms with Gasteiger partial charge in [0, 0.05) is 11.8 Å². The molecule has 0 saturated heterocycles. The highest BCUT2D eigenvalue weighted by Gasteiger charge is 2.21. The maximum atomic E-state index is 12.4. The number of hydrogen-bond acceptors (Lipinski definition) is 4. The van der Waals surface area contributed by atoms with E-state index in [9.17, 15) is 4.79 Å². The lowest BCUT2D eigenvalue weighted by Crippen LogP contribution is -2.35. The topological polar surface area (TPSA) is 59.6 Å². The van der Waals surface area contributed by atoms with Gasteiger partial charge < -0.3 is 20.1 Å². The lowest BCUT2D eigenvalue weighted by atomic mass is 9.88. The van der Waals surface area contributed by atoms with Crippen molar-refractivity contribution in [2.24, 2.45) is 0 Å².